The van der Waals surface area contributed by atoms with Crippen molar-refractivity contribution in [3.05, 3.63) is 143 Å². The second-order valence-corrected chi connectivity index (χ2v) is 12.7. The Balaban J connectivity index is 1.52. The number of pyridine rings is 1. The summed E-state index contributed by atoms with van der Waals surface area (Å²) in [5, 5.41) is 2.60. The Bertz CT molecular complexity index is 2260. The lowest BCUT2D eigenvalue weighted by Gasteiger charge is -2.21. The maximum absolute atomic E-state index is 2.61. The second kappa shape index (κ2) is 7.34. The van der Waals surface area contributed by atoms with Crippen molar-refractivity contribution in [1.82, 2.24) is 4.57 Å². The molecule has 3 aliphatic heterocycles. The fraction of sp³-hybridized carbons (Fsp3) is 0.0811. The number of hydrogen-bond acceptors (Lipinski definition) is 1. The van der Waals surface area contributed by atoms with Gasteiger partial charge in [0.1, 0.15) is 5.69 Å². The molecule has 1 spiro atoms. The quantitative estimate of drug-likeness (QED) is 0.195. The van der Waals surface area contributed by atoms with Crippen LogP contribution in [-0.2, 0) is 5.54 Å². The van der Waals surface area contributed by atoms with Gasteiger partial charge in [-0.2, -0.15) is 13.7 Å². The lowest BCUT2D eigenvalue weighted by Crippen LogP contribution is -2.57. The number of rotatable bonds is 1. The molecule has 0 fully saturated rings. The molecule has 41 heavy (non-hydrogen) atoms. The van der Waals surface area contributed by atoms with Crippen LogP contribution in [0.4, 0.5) is 0 Å². The average molecular weight is 544 g/mol. The van der Waals surface area contributed by atoms with Crippen LogP contribution in [0.15, 0.2) is 125 Å². The van der Waals surface area contributed by atoms with Crippen LogP contribution in [0.2, 0.25) is 0 Å². The molecule has 10 rings (SSSR count). The van der Waals surface area contributed by atoms with Crippen LogP contribution in [0, 0.1) is 13.8 Å². The van der Waals surface area contributed by atoms with Gasteiger partial charge in [-0.25, -0.2) is 0 Å². The molecule has 7 aromatic rings. The summed E-state index contributed by atoms with van der Waals surface area (Å²) in [6.07, 6.45) is 2.29. The lowest BCUT2D eigenvalue weighted by atomic mass is 9.82. The summed E-state index contributed by atoms with van der Waals surface area (Å²) in [4.78, 5) is 2.66. The van der Waals surface area contributed by atoms with E-state index in [1.54, 1.807) is 0 Å². The lowest BCUT2D eigenvalue weighted by molar-refractivity contribution is -0.733. The topological polar surface area (TPSA) is 12.7 Å². The monoisotopic (exact) mass is 543 g/mol. The third kappa shape index (κ3) is 2.46. The van der Waals surface area contributed by atoms with Gasteiger partial charge in [-0.3, -0.25) is 0 Å². The van der Waals surface area contributed by atoms with Crippen LogP contribution >= 0.6 is 11.8 Å². The fourth-order valence-electron chi connectivity index (χ4n) is 7.95. The number of fused-ring (bicyclic) bond motifs is 9. The Hall–Kier alpha value is -4.67. The van der Waals surface area contributed by atoms with Gasteiger partial charge in [0.25, 0.3) is 0 Å². The number of aryl methyl sites for hydroxylation is 2. The first-order valence-corrected chi connectivity index (χ1v) is 15.0. The summed E-state index contributed by atoms with van der Waals surface area (Å²) in [6.45, 7) is 4.42. The van der Waals surface area contributed by atoms with E-state index < -0.39 is 5.54 Å². The van der Waals surface area contributed by atoms with E-state index in [2.05, 4.69) is 143 Å². The number of imidazole rings is 1. The summed E-state index contributed by atoms with van der Waals surface area (Å²) in [5.74, 6) is 1.28. The highest BCUT2D eigenvalue weighted by molar-refractivity contribution is 8.00. The number of benzene rings is 5. The fourth-order valence-corrected chi connectivity index (χ4v) is 9.20. The molecule has 0 bridgehead atoms. The predicted molar refractivity (Wildman–Crippen MR) is 163 cm³/mol. The number of para-hydroxylation sites is 1. The van der Waals surface area contributed by atoms with E-state index >= 15 is 0 Å². The molecule has 0 saturated heterocycles. The smallest absolute Gasteiger partial charge is 0.185 e. The minimum atomic E-state index is -0.528. The third-order valence-corrected chi connectivity index (χ3v) is 10.4. The highest BCUT2D eigenvalue weighted by Crippen LogP contribution is 2.56. The zero-order valence-corrected chi connectivity index (χ0v) is 23.5. The predicted octanol–water partition coefficient (Wildman–Crippen LogP) is 7.56. The highest BCUT2D eigenvalue weighted by atomic mass is 32.2. The molecule has 5 heterocycles. The zero-order chi connectivity index (χ0) is 27.0. The van der Waals surface area contributed by atoms with Gasteiger partial charge in [-0.1, -0.05) is 66.4 Å². The molecule has 0 aliphatic carbocycles. The first-order chi connectivity index (χ1) is 20.2. The molecule has 2 aromatic heterocycles. The first-order valence-electron chi connectivity index (χ1n) is 14.2. The van der Waals surface area contributed by atoms with Crippen LogP contribution in [0.1, 0.15) is 28.1 Å². The molecule has 192 valence electrons. The zero-order valence-electron chi connectivity index (χ0n) is 22.7. The van der Waals surface area contributed by atoms with E-state index in [9.17, 15) is 0 Å². The van der Waals surface area contributed by atoms with E-state index in [0.717, 1.165) is 0 Å². The van der Waals surface area contributed by atoms with Crippen molar-refractivity contribution in [2.45, 2.75) is 29.2 Å². The molecule has 4 heteroatoms. The Morgan fingerprint density at radius 3 is 2.44 bits per heavy atom. The summed E-state index contributed by atoms with van der Waals surface area (Å²) in [7, 11) is 0. The third-order valence-electron chi connectivity index (χ3n) is 9.27. The van der Waals surface area contributed by atoms with Gasteiger partial charge in [0, 0.05) is 12.1 Å². The summed E-state index contributed by atoms with van der Waals surface area (Å²) < 4.78 is 7.72. The van der Waals surface area contributed by atoms with Gasteiger partial charge in [0.05, 0.1) is 26.5 Å². The number of aromatic nitrogens is 3. The van der Waals surface area contributed by atoms with E-state index in [4.69, 9.17) is 0 Å². The molecule has 1 unspecified atom stereocenters. The van der Waals surface area contributed by atoms with Crippen molar-refractivity contribution < 1.29 is 9.13 Å². The second-order valence-electron chi connectivity index (χ2n) is 11.6. The number of nitrogens with zero attached hydrogens (tertiary/aromatic N) is 3. The Kier molecular flexibility index (Phi) is 3.95. The van der Waals surface area contributed by atoms with Crippen molar-refractivity contribution in [3.63, 3.8) is 0 Å². The molecular weight excluding hydrogens is 518 g/mol. The van der Waals surface area contributed by atoms with Crippen molar-refractivity contribution in [2.75, 3.05) is 0 Å². The molecular formula is C37H25N3S+2. The first kappa shape index (κ1) is 22.1. The van der Waals surface area contributed by atoms with Crippen molar-refractivity contribution in [2.24, 2.45) is 0 Å². The van der Waals surface area contributed by atoms with Crippen LogP contribution in [0.5, 0.6) is 0 Å². The molecule has 0 amide bonds. The summed E-state index contributed by atoms with van der Waals surface area (Å²) in [6, 6.07) is 40.8. The van der Waals surface area contributed by atoms with Crippen LogP contribution in [-0.4, -0.2) is 4.57 Å². The van der Waals surface area contributed by atoms with E-state index in [0.29, 0.717) is 0 Å². The minimum Gasteiger partial charge on any atom is -0.185 e. The van der Waals surface area contributed by atoms with Crippen molar-refractivity contribution in [3.8, 4) is 22.6 Å². The van der Waals surface area contributed by atoms with Crippen molar-refractivity contribution >= 4 is 33.6 Å². The van der Waals surface area contributed by atoms with E-state index in [1.165, 1.54) is 82.3 Å². The van der Waals surface area contributed by atoms with Gasteiger partial charge >= 0.3 is 11.4 Å². The van der Waals surface area contributed by atoms with Crippen LogP contribution in [0.3, 0.4) is 0 Å². The van der Waals surface area contributed by atoms with Gasteiger partial charge < -0.3 is 0 Å². The molecule has 0 radical (unpaired) electrons. The summed E-state index contributed by atoms with van der Waals surface area (Å²) >= 11 is 1.93. The Morgan fingerprint density at radius 2 is 1.54 bits per heavy atom. The minimum absolute atomic E-state index is 0.528. The maximum atomic E-state index is 2.61. The van der Waals surface area contributed by atoms with E-state index in [-0.39, 0.29) is 0 Å². The molecule has 1 atom stereocenters. The normalized spacial score (nSPS) is 17.0. The van der Waals surface area contributed by atoms with Crippen LogP contribution < -0.4 is 9.13 Å². The highest BCUT2D eigenvalue weighted by Gasteiger charge is 2.68. The van der Waals surface area contributed by atoms with Gasteiger partial charge in [0.2, 0.25) is 5.69 Å². The van der Waals surface area contributed by atoms with E-state index in [1.807, 2.05) is 11.8 Å². The Morgan fingerprint density at radius 1 is 0.732 bits per heavy atom. The average Bonchev–Trinajstić information content (AvgIpc) is 3.59. The van der Waals surface area contributed by atoms with Gasteiger partial charge in [-0.15, -0.1) is 0 Å². The Labute approximate surface area is 242 Å². The van der Waals surface area contributed by atoms with Gasteiger partial charge in [0.15, 0.2) is 22.9 Å². The number of hydrogen-bond donors (Lipinski definition) is 0. The maximum Gasteiger partial charge on any atom is 0.352 e. The largest absolute Gasteiger partial charge is 0.352 e. The molecule has 3 aliphatic rings. The SMILES string of the molecule is Cc1cc(C)cc(-n2c3[n+]4c5c(cccc52)Sc2c-4c(cc4ccccc24)C32c3ccccc3-c3cccc[n+]32)c1. The molecule has 0 saturated carbocycles. The van der Waals surface area contributed by atoms with Crippen molar-refractivity contribution in [1.29, 1.82) is 0 Å². The van der Waals surface area contributed by atoms with Gasteiger partial charge in [-0.05, 0) is 78.2 Å². The molecule has 0 N–H and O–H groups in total. The standard InChI is InChI=1S/C37H25N3S/c1-22-18-23(2)20-25(19-22)39-31-15-9-16-32-34(31)40-33-29(21-24-10-3-4-11-26(24)35(33)41-32)37(36(39)40)28-13-6-5-12-27(28)30-14-7-8-17-38(30)37/h3-21H,1-2H3/q+2. The molecule has 5 aromatic carbocycles. The molecule has 3 nitrogen and oxygen atoms in total. The summed E-state index contributed by atoms with van der Waals surface area (Å²) in [5.41, 5.74) is 12.4. The van der Waals surface area contributed by atoms with Crippen LogP contribution in [0.25, 0.3) is 44.4 Å².